The number of hydrogen-bond donors (Lipinski definition) is 0. The van der Waals surface area contributed by atoms with Crippen molar-refractivity contribution in [1.82, 2.24) is 13.7 Å². The maximum Gasteiger partial charge on any atom is 0.252 e. The molecule has 26 rings (SSSR count). The Morgan fingerprint density at radius 2 is 0.703 bits per heavy atom. The monoisotopic (exact) mass is 1630 g/mol. The van der Waals surface area contributed by atoms with Crippen LogP contribution in [-0.2, 0) is 5.41 Å². The molecule has 0 spiro atoms. The predicted molar refractivity (Wildman–Crippen MR) is 534 cm³/mol. The molecule has 7 heterocycles. The number of anilines is 6. The van der Waals surface area contributed by atoms with Crippen LogP contribution in [0.3, 0.4) is 0 Å². The summed E-state index contributed by atoms with van der Waals surface area (Å²) in [6.45, 7) is 6.59. The maximum atomic E-state index is 10.6. The van der Waals surface area contributed by atoms with Crippen LogP contribution in [0.5, 0.6) is 0 Å². The summed E-state index contributed by atoms with van der Waals surface area (Å²) in [4.78, 5) is 5.30. The van der Waals surface area contributed by atoms with Crippen molar-refractivity contribution in [1.29, 1.82) is 5.26 Å². The Balaban J connectivity index is 0.845. The molecule has 0 saturated heterocycles. The maximum absolute atomic E-state index is 10.6. The van der Waals surface area contributed by atoms with Crippen molar-refractivity contribution < 1.29 is 8.83 Å². The Morgan fingerprint density at radius 3 is 1.34 bits per heavy atom. The average molecular weight is 1630 g/mol. The number of hydrogen-bond acceptors (Lipinski definition) is 5. The van der Waals surface area contributed by atoms with E-state index >= 15 is 0 Å². The molecule has 598 valence electrons. The van der Waals surface area contributed by atoms with Gasteiger partial charge in [0.25, 0.3) is 6.71 Å². The first-order chi connectivity index (χ1) is 63.1. The molecule has 9 heteroatoms. The van der Waals surface area contributed by atoms with E-state index in [4.69, 9.17) is 8.83 Å². The number of benzene rings is 19. The molecule has 0 saturated carbocycles. The van der Waals surface area contributed by atoms with Crippen molar-refractivity contribution in [3.63, 3.8) is 0 Å². The molecule has 0 atom stereocenters. The van der Waals surface area contributed by atoms with Crippen molar-refractivity contribution in [2.45, 2.75) is 26.2 Å². The van der Waals surface area contributed by atoms with Crippen LogP contribution in [0.4, 0.5) is 34.1 Å². The number of aromatic nitrogens is 3. The third-order valence-corrected chi connectivity index (χ3v) is 27.2. The lowest BCUT2D eigenvalue weighted by atomic mass is 9.33. The number of nitriles is 1. The fourth-order valence-electron chi connectivity index (χ4n) is 21.6. The van der Waals surface area contributed by atoms with Crippen LogP contribution < -0.4 is 26.2 Å². The standard InChI is InChI=1S/C119H77BN6O2/c1-119(2,3)79-58-64-103(93(70-79)75-31-8-5-9-32-75)126-107-66-77(115-82(76-56-60-89-88-39-16-24-52-111(88)128-114(89)69-76)41-26-50-105(115)123-99-46-20-11-34-83(99)84-35-12-21-47-100(84)123)57-61-95(107)120-96-62-59-80(122-98-45-19-15-38-87(98)94-65-73(72-121)55-63-104(94)122)71-108(96)125(97-44-18-10-33-81(97)74-29-6-4-7-30-74)109-67-78(68-110(126)118(109)120)116-90(91-43-28-54-113-117(91)92-40-17-25-53-112(92)127-113)42-27-51-106(116)124-101-48-22-13-36-85(101)86-37-14-23-49-102(86)124/h4-71H,1-3H3. The molecule has 24 aromatic rings. The van der Waals surface area contributed by atoms with Crippen LogP contribution in [0, 0.1) is 11.3 Å². The van der Waals surface area contributed by atoms with Gasteiger partial charge in [0, 0.05) is 105 Å². The van der Waals surface area contributed by atoms with E-state index in [2.05, 4.69) is 457 Å². The van der Waals surface area contributed by atoms with Crippen LogP contribution >= 0.6 is 0 Å². The van der Waals surface area contributed by atoms with Gasteiger partial charge in [-0.1, -0.05) is 294 Å². The molecule has 0 aliphatic carbocycles. The van der Waals surface area contributed by atoms with Crippen LogP contribution in [0.15, 0.2) is 421 Å². The van der Waals surface area contributed by atoms with Gasteiger partial charge in [-0.05, 0) is 211 Å². The summed E-state index contributed by atoms with van der Waals surface area (Å²) in [6.07, 6.45) is 0. The molecule has 128 heavy (non-hydrogen) atoms. The molecule has 0 amide bonds. The highest BCUT2D eigenvalue weighted by Gasteiger charge is 2.46. The van der Waals surface area contributed by atoms with Crippen LogP contribution in [0.1, 0.15) is 31.9 Å². The minimum Gasteiger partial charge on any atom is -0.456 e. The summed E-state index contributed by atoms with van der Waals surface area (Å²) < 4.78 is 21.3. The van der Waals surface area contributed by atoms with E-state index in [9.17, 15) is 5.26 Å². The van der Waals surface area contributed by atoms with Gasteiger partial charge < -0.3 is 32.3 Å². The fourth-order valence-corrected chi connectivity index (χ4v) is 21.6. The average Bonchev–Trinajstić information content (AvgIpc) is 0.975. The Kier molecular flexibility index (Phi) is 16.1. The van der Waals surface area contributed by atoms with Crippen LogP contribution in [-0.4, -0.2) is 20.4 Å². The molecule has 2 aliphatic heterocycles. The summed E-state index contributed by atoms with van der Waals surface area (Å²) in [7, 11) is 0. The van der Waals surface area contributed by atoms with E-state index in [1.165, 1.54) is 27.1 Å². The van der Waals surface area contributed by atoms with Gasteiger partial charge >= 0.3 is 0 Å². The van der Waals surface area contributed by atoms with Gasteiger partial charge in [0.05, 0.1) is 67.5 Å². The van der Waals surface area contributed by atoms with Crippen molar-refractivity contribution in [3.05, 3.63) is 424 Å². The molecule has 0 unspecified atom stereocenters. The molecule has 5 aromatic heterocycles. The van der Waals surface area contributed by atoms with Crippen LogP contribution in [0.25, 0.3) is 193 Å². The quantitative estimate of drug-likeness (QED) is 0.121. The first-order valence-corrected chi connectivity index (χ1v) is 44.0. The van der Waals surface area contributed by atoms with Gasteiger partial charge in [-0.3, -0.25) is 0 Å². The molecule has 2 aliphatic rings. The highest BCUT2D eigenvalue weighted by Crippen LogP contribution is 2.55. The Labute approximate surface area is 738 Å². The first kappa shape index (κ1) is 72.9. The number of fused-ring (bicyclic) bond motifs is 19. The summed E-state index contributed by atoms with van der Waals surface area (Å²) >= 11 is 0. The van der Waals surface area contributed by atoms with Crippen LogP contribution in [0.2, 0.25) is 0 Å². The Hall–Kier alpha value is -16.7. The zero-order chi connectivity index (χ0) is 84.7. The van der Waals surface area contributed by atoms with E-state index in [0.29, 0.717) is 5.56 Å². The van der Waals surface area contributed by atoms with Gasteiger partial charge in [0.15, 0.2) is 0 Å². The van der Waals surface area contributed by atoms with Gasteiger partial charge in [-0.2, -0.15) is 5.26 Å². The molecular formula is C119H77BN6O2. The van der Waals surface area contributed by atoms with E-state index in [1.807, 2.05) is 6.07 Å². The Bertz CT molecular complexity index is 8760. The van der Waals surface area contributed by atoms with E-state index < -0.39 is 6.71 Å². The highest BCUT2D eigenvalue weighted by molar-refractivity contribution is 7.00. The molecule has 8 nitrogen and oxygen atoms in total. The second kappa shape index (κ2) is 28.2. The summed E-state index contributed by atoms with van der Waals surface area (Å²) in [5.74, 6) is 0. The third kappa shape index (κ3) is 10.9. The number of rotatable bonds is 11. The Morgan fingerprint density at radius 1 is 0.258 bits per heavy atom. The molecule has 0 bridgehead atoms. The zero-order valence-electron chi connectivity index (χ0n) is 70.3. The highest BCUT2D eigenvalue weighted by atomic mass is 16.3. The minimum atomic E-state index is -0.399. The lowest BCUT2D eigenvalue weighted by molar-refractivity contribution is 0.590. The van der Waals surface area contributed by atoms with Crippen molar-refractivity contribution in [3.8, 4) is 89.9 Å². The summed E-state index contributed by atoms with van der Waals surface area (Å²) in [6, 6.07) is 155. The molecule has 19 aromatic carbocycles. The van der Waals surface area contributed by atoms with Gasteiger partial charge in [-0.25, -0.2) is 0 Å². The molecule has 0 N–H and O–H groups in total. The first-order valence-electron chi connectivity index (χ1n) is 44.0. The zero-order valence-corrected chi connectivity index (χ0v) is 70.3. The number of furan rings is 2. The molecule has 0 fully saturated rings. The fraction of sp³-hybridized carbons (Fsp3) is 0.0336. The second-order valence-electron chi connectivity index (χ2n) is 35.2. The van der Waals surface area contributed by atoms with E-state index in [1.54, 1.807) is 0 Å². The predicted octanol–water partition coefficient (Wildman–Crippen LogP) is 30.0. The molecule has 0 radical (unpaired) electrons. The SMILES string of the molecule is CC(C)(C)c1ccc(N2c3cc(-c4c(-c5ccc6c(c5)oc5ccccc56)cccc4-n4c5ccccc5c5ccccc54)ccc3B3c4ccc(-n5c6ccccc6c6cc(C#N)ccc65)cc4N(c4ccccc4-c4ccccc4)c4cc(-c5c(-c6cccc7oc8ccccc8c67)cccc5-n5c6ccccc6c6ccccc65)cc2c43)c(-c2ccccc2)c1. The van der Waals surface area contributed by atoms with Gasteiger partial charge in [0.1, 0.15) is 22.3 Å². The minimum absolute atomic E-state index is 0.235. The third-order valence-electron chi connectivity index (χ3n) is 27.2. The largest absolute Gasteiger partial charge is 0.456 e. The van der Waals surface area contributed by atoms with Crippen molar-refractivity contribution in [2.75, 3.05) is 9.80 Å². The van der Waals surface area contributed by atoms with Gasteiger partial charge in [-0.15, -0.1) is 0 Å². The van der Waals surface area contributed by atoms with Crippen molar-refractivity contribution in [2.24, 2.45) is 0 Å². The normalized spacial score (nSPS) is 12.6. The lowest BCUT2D eigenvalue weighted by Gasteiger charge is -2.45. The lowest BCUT2D eigenvalue weighted by Crippen LogP contribution is -2.61. The van der Waals surface area contributed by atoms with Gasteiger partial charge in [0.2, 0.25) is 0 Å². The number of para-hydroxylation sites is 8. The number of nitrogens with zero attached hydrogens (tertiary/aromatic N) is 6. The second-order valence-corrected chi connectivity index (χ2v) is 35.2. The summed E-state index contributed by atoms with van der Waals surface area (Å²) in [5.41, 5.74) is 36.8. The molecular weight excluding hydrogens is 1560 g/mol. The smallest absolute Gasteiger partial charge is 0.252 e. The van der Waals surface area contributed by atoms with E-state index in [-0.39, 0.29) is 5.41 Å². The topological polar surface area (TPSA) is 71.3 Å². The van der Waals surface area contributed by atoms with Crippen molar-refractivity contribution >= 4 is 167 Å². The van der Waals surface area contributed by atoms with E-state index in [0.717, 1.165) is 222 Å². The summed E-state index contributed by atoms with van der Waals surface area (Å²) in [5, 5.41) is 21.6.